The topological polar surface area (TPSA) is 41.6 Å². The predicted molar refractivity (Wildman–Crippen MR) is 80.8 cm³/mol. The van der Waals surface area contributed by atoms with E-state index < -0.39 is 5.60 Å². The van der Waals surface area contributed by atoms with Crippen LogP contribution in [0.15, 0.2) is 0 Å². The van der Waals surface area contributed by atoms with Crippen LogP contribution in [0.5, 0.6) is 0 Å². The molecule has 0 aromatic rings. The molecule has 4 nitrogen and oxygen atoms in total. The third-order valence-corrected chi connectivity index (χ3v) is 4.32. The zero-order chi connectivity index (χ0) is 14.8. The van der Waals surface area contributed by atoms with E-state index in [0.29, 0.717) is 12.1 Å². The third-order valence-electron chi connectivity index (χ3n) is 4.32. The van der Waals surface area contributed by atoms with Gasteiger partial charge in [0.2, 0.25) is 0 Å². The summed E-state index contributed by atoms with van der Waals surface area (Å²) in [5, 5.41) is 3.63. The molecular weight excluding hydrogens is 252 g/mol. The number of hydrogen-bond acceptors (Lipinski definition) is 3. The summed E-state index contributed by atoms with van der Waals surface area (Å²) in [6.07, 6.45) is 5.82. The van der Waals surface area contributed by atoms with Gasteiger partial charge in [-0.1, -0.05) is 13.3 Å². The standard InChI is InChI=1S/C16H30N2O2/c1-5-12-10-14(12)17-11-13-8-6-7-9-18(13)15(19)20-16(2,3)4/h12-14,17H,5-11H2,1-4H3. The van der Waals surface area contributed by atoms with Crippen molar-refractivity contribution in [2.75, 3.05) is 13.1 Å². The van der Waals surface area contributed by atoms with Crippen LogP contribution in [0.1, 0.15) is 59.8 Å². The van der Waals surface area contributed by atoms with E-state index >= 15 is 0 Å². The Morgan fingerprint density at radius 3 is 2.70 bits per heavy atom. The molecule has 2 fully saturated rings. The highest BCUT2D eigenvalue weighted by Crippen LogP contribution is 2.33. The highest BCUT2D eigenvalue weighted by molar-refractivity contribution is 5.68. The van der Waals surface area contributed by atoms with Crippen molar-refractivity contribution in [3.63, 3.8) is 0 Å². The number of hydrogen-bond donors (Lipinski definition) is 1. The molecule has 1 saturated heterocycles. The first kappa shape index (κ1) is 15.6. The number of carbonyl (C=O) groups excluding carboxylic acids is 1. The molecule has 0 aromatic carbocycles. The van der Waals surface area contributed by atoms with E-state index in [9.17, 15) is 4.79 Å². The molecule has 1 aliphatic carbocycles. The van der Waals surface area contributed by atoms with Crippen LogP contribution in [0, 0.1) is 5.92 Å². The first-order valence-electron chi connectivity index (χ1n) is 8.13. The summed E-state index contributed by atoms with van der Waals surface area (Å²) in [7, 11) is 0. The van der Waals surface area contributed by atoms with Crippen molar-refractivity contribution >= 4 is 6.09 Å². The van der Waals surface area contributed by atoms with E-state index in [1.54, 1.807) is 0 Å². The lowest BCUT2D eigenvalue weighted by Crippen LogP contribution is -2.50. The molecule has 20 heavy (non-hydrogen) atoms. The third kappa shape index (κ3) is 4.37. The van der Waals surface area contributed by atoms with E-state index in [2.05, 4.69) is 12.2 Å². The number of likely N-dealkylation sites (tertiary alicyclic amines) is 1. The van der Waals surface area contributed by atoms with Gasteiger partial charge in [-0.25, -0.2) is 4.79 Å². The summed E-state index contributed by atoms with van der Waals surface area (Å²) in [5.74, 6) is 0.855. The maximum atomic E-state index is 12.3. The normalized spacial score (nSPS) is 30.2. The van der Waals surface area contributed by atoms with Crippen LogP contribution in [0.2, 0.25) is 0 Å². The fourth-order valence-corrected chi connectivity index (χ4v) is 3.01. The van der Waals surface area contributed by atoms with Gasteiger partial charge in [0.25, 0.3) is 0 Å². The summed E-state index contributed by atoms with van der Waals surface area (Å²) in [5.41, 5.74) is -0.406. The summed E-state index contributed by atoms with van der Waals surface area (Å²) in [6.45, 7) is 9.79. The average molecular weight is 282 g/mol. The number of nitrogens with zero attached hydrogens (tertiary/aromatic N) is 1. The van der Waals surface area contributed by atoms with Crippen molar-refractivity contribution in [2.24, 2.45) is 5.92 Å². The van der Waals surface area contributed by atoms with Crippen LogP contribution in [-0.2, 0) is 4.74 Å². The van der Waals surface area contributed by atoms with Crippen molar-refractivity contribution in [3.8, 4) is 0 Å². The molecule has 1 saturated carbocycles. The van der Waals surface area contributed by atoms with Gasteiger partial charge >= 0.3 is 6.09 Å². The Kier molecular flexibility index (Phi) is 4.95. The molecule has 116 valence electrons. The maximum absolute atomic E-state index is 12.3. The second-order valence-corrected chi connectivity index (χ2v) is 7.24. The number of rotatable bonds is 4. The first-order valence-corrected chi connectivity index (χ1v) is 8.13. The number of ether oxygens (including phenoxy) is 1. The number of amides is 1. The summed E-state index contributed by atoms with van der Waals surface area (Å²) in [6, 6.07) is 0.985. The van der Waals surface area contributed by atoms with E-state index in [4.69, 9.17) is 4.74 Å². The molecule has 0 bridgehead atoms. The summed E-state index contributed by atoms with van der Waals surface area (Å²) >= 11 is 0. The molecule has 1 aliphatic heterocycles. The van der Waals surface area contributed by atoms with Gasteiger partial charge in [0, 0.05) is 25.2 Å². The fraction of sp³-hybridized carbons (Fsp3) is 0.938. The molecule has 0 radical (unpaired) electrons. The smallest absolute Gasteiger partial charge is 0.410 e. The average Bonchev–Trinajstić information content (AvgIpc) is 3.13. The van der Waals surface area contributed by atoms with Crippen LogP contribution in [0.4, 0.5) is 4.79 Å². The van der Waals surface area contributed by atoms with Crippen molar-refractivity contribution < 1.29 is 9.53 Å². The molecule has 3 unspecified atom stereocenters. The SMILES string of the molecule is CCC1CC1NCC1CCCCN1C(=O)OC(C)(C)C. The number of carbonyl (C=O) groups is 1. The molecule has 0 spiro atoms. The van der Waals surface area contributed by atoms with Crippen LogP contribution in [-0.4, -0.2) is 41.8 Å². The molecule has 2 aliphatic rings. The summed E-state index contributed by atoms with van der Waals surface area (Å²) in [4.78, 5) is 14.2. The maximum Gasteiger partial charge on any atom is 0.410 e. The van der Waals surface area contributed by atoms with Crippen molar-refractivity contribution in [2.45, 2.75) is 77.5 Å². The monoisotopic (exact) mass is 282 g/mol. The lowest BCUT2D eigenvalue weighted by Gasteiger charge is -2.37. The Labute approximate surface area is 123 Å². The second-order valence-electron chi connectivity index (χ2n) is 7.24. The van der Waals surface area contributed by atoms with Gasteiger partial charge in [-0.05, 0) is 52.4 Å². The lowest BCUT2D eigenvalue weighted by molar-refractivity contribution is 0.00988. The van der Waals surface area contributed by atoms with Crippen LogP contribution < -0.4 is 5.32 Å². The molecule has 2 rings (SSSR count). The zero-order valence-electron chi connectivity index (χ0n) is 13.4. The van der Waals surface area contributed by atoms with Gasteiger partial charge in [-0.15, -0.1) is 0 Å². The second kappa shape index (κ2) is 6.33. The Morgan fingerprint density at radius 2 is 2.10 bits per heavy atom. The largest absolute Gasteiger partial charge is 0.444 e. The number of piperidine rings is 1. The Balaban J connectivity index is 1.83. The molecule has 3 atom stereocenters. The first-order chi connectivity index (χ1) is 9.40. The van der Waals surface area contributed by atoms with Crippen molar-refractivity contribution in [1.82, 2.24) is 10.2 Å². The van der Waals surface area contributed by atoms with E-state index in [1.165, 1.54) is 19.3 Å². The highest BCUT2D eigenvalue weighted by atomic mass is 16.6. The van der Waals surface area contributed by atoms with Crippen LogP contribution in [0.25, 0.3) is 0 Å². The van der Waals surface area contributed by atoms with Gasteiger partial charge in [-0.3, -0.25) is 0 Å². The fourth-order valence-electron chi connectivity index (χ4n) is 3.01. The van der Waals surface area contributed by atoms with E-state index in [1.807, 2.05) is 25.7 Å². The molecule has 0 aromatic heterocycles. The molecule has 4 heteroatoms. The van der Waals surface area contributed by atoms with Crippen molar-refractivity contribution in [3.05, 3.63) is 0 Å². The lowest BCUT2D eigenvalue weighted by atomic mass is 10.0. The Morgan fingerprint density at radius 1 is 1.35 bits per heavy atom. The van der Waals surface area contributed by atoms with Gasteiger partial charge in [0.1, 0.15) is 5.60 Å². The zero-order valence-corrected chi connectivity index (χ0v) is 13.4. The molecule has 1 heterocycles. The highest BCUT2D eigenvalue weighted by Gasteiger charge is 2.36. The van der Waals surface area contributed by atoms with Gasteiger partial charge < -0.3 is 15.0 Å². The predicted octanol–water partition coefficient (Wildman–Crippen LogP) is 3.16. The molecule has 1 N–H and O–H groups in total. The quantitative estimate of drug-likeness (QED) is 0.861. The molecular formula is C16H30N2O2. The summed E-state index contributed by atoms with van der Waals surface area (Å²) < 4.78 is 5.53. The molecule has 1 amide bonds. The van der Waals surface area contributed by atoms with Gasteiger partial charge in [0.15, 0.2) is 0 Å². The number of nitrogens with one attached hydrogen (secondary N) is 1. The van der Waals surface area contributed by atoms with Gasteiger partial charge in [0.05, 0.1) is 0 Å². The Bertz CT molecular complexity index is 338. The van der Waals surface area contributed by atoms with Crippen molar-refractivity contribution in [1.29, 1.82) is 0 Å². The minimum absolute atomic E-state index is 0.146. The van der Waals surface area contributed by atoms with Gasteiger partial charge in [-0.2, -0.15) is 0 Å². The Hall–Kier alpha value is -0.770. The minimum atomic E-state index is -0.406. The van der Waals surface area contributed by atoms with E-state index in [-0.39, 0.29) is 6.09 Å². The van der Waals surface area contributed by atoms with Crippen LogP contribution in [0.3, 0.4) is 0 Å². The minimum Gasteiger partial charge on any atom is -0.444 e. The van der Waals surface area contributed by atoms with Crippen LogP contribution >= 0.6 is 0 Å². The van der Waals surface area contributed by atoms with E-state index in [0.717, 1.165) is 31.8 Å².